The van der Waals surface area contributed by atoms with E-state index in [2.05, 4.69) is 96.4 Å². The SMILES string of the molecule is CCC[C@H](c1nnnn1C(C)(C)C)N(Cc1ccccc1)Cc1cc2cc(C)cc(C)c2[nH]c1=O. The van der Waals surface area contributed by atoms with Gasteiger partial charge in [0.05, 0.1) is 17.1 Å². The zero-order valence-electron chi connectivity index (χ0n) is 21.7. The second-order valence-corrected chi connectivity index (χ2v) is 10.5. The van der Waals surface area contributed by atoms with Gasteiger partial charge in [-0.2, -0.15) is 0 Å². The van der Waals surface area contributed by atoms with Gasteiger partial charge >= 0.3 is 0 Å². The van der Waals surface area contributed by atoms with Gasteiger partial charge in [0, 0.05) is 18.7 Å². The second-order valence-electron chi connectivity index (χ2n) is 10.5. The van der Waals surface area contributed by atoms with Gasteiger partial charge in [-0.05, 0) is 80.1 Å². The molecule has 2 aromatic carbocycles. The van der Waals surface area contributed by atoms with E-state index >= 15 is 0 Å². The highest BCUT2D eigenvalue weighted by molar-refractivity contribution is 5.82. The van der Waals surface area contributed by atoms with Crippen LogP contribution in [0.2, 0.25) is 0 Å². The molecule has 0 saturated heterocycles. The van der Waals surface area contributed by atoms with Gasteiger partial charge in [0.15, 0.2) is 5.82 Å². The van der Waals surface area contributed by atoms with Crippen molar-refractivity contribution in [2.24, 2.45) is 0 Å². The van der Waals surface area contributed by atoms with Crippen molar-refractivity contribution in [3.63, 3.8) is 0 Å². The molecule has 4 rings (SSSR count). The van der Waals surface area contributed by atoms with Gasteiger partial charge in [-0.1, -0.05) is 55.3 Å². The Bertz CT molecular complexity index is 1350. The molecule has 1 atom stereocenters. The summed E-state index contributed by atoms with van der Waals surface area (Å²) >= 11 is 0. The molecule has 2 heterocycles. The van der Waals surface area contributed by atoms with Crippen molar-refractivity contribution >= 4 is 10.9 Å². The van der Waals surface area contributed by atoms with E-state index in [4.69, 9.17) is 0 Å². The van der Waals surface area contributed by atoms with Gasteiger partial charge in [-0.15, -0.1) is 5.10 Å². The van der Waals surface area contributed by atoms with E-state index in [1.54, 1.807) is 0 Å². The quantitative estimate of drug-likeness (QED) is 0.370. The molecule has 0 radical (unpaired) electrons. The number of aryl methyl sites for hydroxylation is 2. The summed E-state index contributed by atoms with van der Waals surface area (Å²) in [4.78, 5) is 18.7. The molecule has 35 heavy (non-hydrogen) atoms. The number of nitrogens with zero attached hydrogens (tertiary/aromatic N) is 5. The van der Waals surface area contributed by atoms with Gasteiger partial charge < -0.3 is 4.98 Å². The minimum Gasteiger partial charge on any atom is -0.321 e. The molecule has 184 valence electrons. The van der Waals surface area contributed by atoms with Crippen LogP contribution in [0, 0.1) is 13.8 Å². The predicted octanol–water partition coefficient (Wildman–Crippen LogP) is 5.43. The number of aromatic amines is 1. The minimum absolute atomic E-state index is 0.0382. The molecule has 2 aromatic heterocycles. The lowest BCUT2D eigenvalue weighted by molar-refractivity contribution is 0.148. The third-order valence-electron chi connectivity index (χ3n) is 6.40. The Morgan fingerprint density at radius 1 is 1.06 bits per heavy atom. The molecular formula is C28H36N6O. The van der Waals surface area contributed by atoms with Crippen LogP contribution >= 0.6 is 0 Å². The summed E-state index contributed by atoms with van der Waals surface area (Å²) in [6.07, 6.45) is 1.85. The predicted molar refractivity (Wildman–Crippen MR) is 140 cm³/mol. The largest absolute Gasteiger partial charge is 0.321 e. The molecule has 0 unspecified atom stereocenters. The number of H-pyrrole nitrogens is 1. The van der Waals surface area contributed by atoms with Crippen LogP contribution in [0.15, 0.2) is 53.3 Å². The number of rotatable bonds is 8. The first-order chi connectivity index (χ1) is 16.7. The van der Waals surface area contributed by atoms with E-state index in [-0.39, 0.29) is 17.1 Å². The smallest absolute Gasteiger partial charge is 0.252 e. The van der Waals surface area contributed by atoms with E-state index in [0.29, 0.717) is 13.1 Å². The summed E-state index contributed by atoms with van der Waals surface area (Å²) in [5.41, 5.74) is 4.80. The average molecular weight is 473 g/mol. The molecular weight excluding hydrogens is 436 g/mol. The van der Waals surface area contributed by atoms with E-state index in [0.717, 1.165) is 40.7 Å². The highest BCUT2D eigenvalue weighted by Gasteiger charge is 2.30. The summed E-state index contributed by atoms with van der Waals surface area (Å²) in [7, 11) is 0. The number of nitrogens with one attached hydrogen (secondary N) is 1. The van der Waals surface area contributed by atoms with Crippen molar-refractivity contribution in [3.8, 4) is 0 Å². The van der Waals surface area contributed by atoms with Crippen molar-refractivity contribution in [1.82, 2.24) is 30.1 Å². The van der Waals surface area contributed by atoms with Crippen molar-refractivity contribution in [2.75, 3.05) is 0 Å². The Hall–Kier alpha value is -3.32. The van der Waals surface area contributed by atoms with Crippen molar-refractivity contribution in [3.05, 3.63) is 87.0 Å². The first-order valence-electron chi connectivity index (χ1n) is 12.4. The molecule has 1 N–H and O–H groups in total. The fourth-order valence-corrected chi connectivity index (χ4v) is 4.79. The van der Waals surface area contributed by atoms with Crippen LogP contribution in [0.25, 0.3) is 10.9 Å². The Balaban J connectivity index is 1.80. The Morgan fingerprint density at radius 3 is 2.49 bits per heavy atom. The second kappa shape index (κ2) is 10.1. The van der Waals surface area contributed by atoms with Crippen LogP contribution in [-0.4, -0.2) is 30.1 Å². The van der Waals surface area contributed by atoms with Crippen molar-refractivity contribution in [2.45, 2.75) is 79.1 Å². The fraction of sp³-hybridized carbons (Fsp3) is 0.429. The summed E-state index contributed by atoms with van der Waals surface area (Å²) in [6, 6.07) is 16.6. The standard InChI is InChI=1S/C28H36N6O/c1-7-11-24(26-30-31-32-34(26)28(4,5)6)33(17-21-12-9-8-10-13-21)18-23-16-22-15-19(2)14-20(3)25(22)29-27(23)35/h8-10,12-16,24H,7,11,17-18H2,1-6H3,(H,29,35)/t24-/m1/s1. The van der Waals surface area contributed by atoms with Crippen LogP contribution in [0.3, 0.4) is 0 Å². The number of fused-ring (bicyclic) bond motifs is 1. The molecule has 0 bridgehead atoms. The van der Waals surface area contributed by atoms with Crippen molar-refractivity contribution < 1.29 is 0 Å². The van der Waals surface area contributed by atoms with E-state index in [1.165, 1.54) is 11.1 Å². The van der Waals surface area contributed by atoms with Gasteiger partial charge in [0.1, 0.15) is 0 Å². The molecule has 7 nitrogen and oxygen atoms in total. The maximum atomic E-state index is 13.2. The van der Waals surface area contributed by atoms with E-state index < -0.39 is 0 Å². The highest BCUT2D eigenvalue weighted by Crippen LogP contribution is 2.30. The maximum absolute atomic E-state index is 13.2. The van der Waals surface area contributed by atoms with Gasteiger partial charge in [0.2, 0.25) is 0 Å². The van der Waals surface area contributed by atoms with Crippen LogP contribution in [-0.2, 0) is 18.6 Å². The molecule has 0 amide bonds. The van der Waals surface area contributed by atoms with Crippen LogP contribution < -0.4 is 5.56 Å². The van der Waals surface area contributed by atoms with Crippen LogP contribution in [0.4, 0.5) is 0 Å². The number of benzene rings is 2. The Morgan fingerprint density at radius 2 is 1.80 bits per heavy atom. The lowest BCUT2D eigenvalue weighted by Crippen LogP contribution is -2.35. The number of tetrazole rings is 1. The van der Waals surface area contributed by atoms with Gasteiger partial charge in [-0.3, -0.25) is 9.69 Å². The van der Waals surface area contributed by atoms with Gasteiger partial charge in [-0.25, -0.2) is 4.68 Å². The average Bonchev–Trinajstić information content (AvgIpc) is 3.29. The third-order valence-corrected chi connectivity index (χ3v) is 6.40. The zero-order valence-corrected chi connectivity index (χ0v) is 21.7. The maximum Gasteiger partial charge on any atom is 0.252 e. The molecule has 0 aliphatic heterocycles. The summed E-state index contributed by atoms with van der Waals surface area (Å²) in [5.74, 6) is 0.833. The first-order valence-corrected chi connectivity index (χ1v) is 12.4. The summed E-state index contributed by atoms with van der Waals surface area (Å²) in [5, 5.41) is 13.9. The summed E-state index contributed by atoms with van der Waals surface area (Å²) < 4.78 is 1.92. The zero-order chi connectivity index (χ0) is 25.2. The van der Waals surface area contributed by atoms with Crippen molar-refractivity contribution in [1.29, 1.82) is 0 Å². The highest BCUT2D eigenvalue weighted by atomic mass is 16.1. The van der Waals surface area contributed by atoms with E-state index in [1.807, 2.05) is 23.7 Å². The number of hydrogen-bond donors (Lipinski definition) is 1. The van der Waals surface area contributed by atoms with E-state index in [9.17, 15) is 4.79 Å². The summed E-state index contributed by atoms with van der Waals surface area (Å²) in [6.45, 7) is 13.8. The molecule has 7 heteroatoms. The van der Waals surface area contributed by atoms with Crippen LogP contribution in [0.1, 0.15) is 74.7 Å². The third kappa shape index (κ3) is 5.51. The molecule has 0 spiro atoms. The normalized spacial score (nSPS) is 13.0. The Labute approximate surface area is 207 Å². The number of pyridine rings is 1. The number of hydrogen-bond acceptors (Lipinski definition) is 5. The topological polar surface area (TPSA) is 79.7 Å². The molecule has 0 aliphatic rings. The molecule has 0 fully saturated rings. The number of aromatic nitrogens is 5. The fourth-order valence-electron chi connectivity index (χ4n) is 4.79. The monoisotopic (exact) mass is 472 g/mol. The minimum atomic E-state index is -0.251. The molecule has 4 aromatic rings. The van der Waals surface area contributed by atoms with Crippen LogP contribution in [0.5, 0.6) is 0 Å². The first kappa shape index (κ1) is 24.8. The Kier molecular flexibility index (Phi) is 7.17. The van der Waals surface area contributed by atoms with Gasteiger partial charge in [0.25, 0.3) is 5.56 Å². The lowest BCUT2D eigenvalue weighted by atomic mass is 10.0. The molecule has 0 aliphatic carbocycles. The lowest BCUT2D eigenvalue weighted by Gasteiger charge is -2.33. The molecule has 0 saturated carbocycles.